The maximum atomic E-state index is 4.56. The molecule has 1 atom stereocenters. The molecule has 17 heavy (non-hydrogen) atoms. The lowest BCUT2D eigenvalue weighted by molar-refractivity contribution is 0.533. The molecule has 0 saturated heterocycles. The SMILES string of the molecule is CCCCn1cc(C)nc1NC(C)CC(C)C. The smallest absolute Gasteiger partial charge is 0.203 e. The number of anilines is 1. The highest BCUT2D eigenvalue weighted by Crippen LogP contribution is 2.14. The summed E-state index contributed by atoms with van der Waals surface area (Å²) in [4.78, 5) is 4.56. The van der Waals surface area contributed by atoms with E-state index in [0.717, 1.165) is 24.1 Å². The molecule has 0 saturated carbocycles. The number of rotatable bonds is 7. The molecular weight excluding hydrogens is 210 g/mol. The van der Waals surface area contributed by atoms with Crippen molar-refractivity contribution in [2.75, 3.05) is 5.32 Å². The van der Waals surface area contributed by atoms with Crippen molar-refractivity contribution in [2.24, 2.45) is 5.92 Å². The molecule has 0 aliphatic carbocycles. The van der Waals surface area contributed by atoms with Gasteiger partial charge in [-0.25, -0.2) is 4.98 Å². The second-order valence-corrected chi connectivity index (χ2v) is 5.43. The predicted octanol–water partition coefficient (Wildman–Crippen LogP) is 3.84. The van der Waals surface area contributed by atoms with Gasteiger partial charge in [0.2, 0.25) is 5.95 Å². The minimum absolute atomic E-state index is 0.483. The first kappa shape index (κ1) is 14.1. The van der Waals surface area contributed by atoms with Crippen molar-refractivity contribution in [2.45, 2.75) is 66.5 Å². The zero-order valence-electron chi connectivity index (χ0n) is 12.0. The van der Waals surface area contributed by atoms with Gasteiger partial charge in [-0.1, -0.05) is 27.2 Å². The molecule has 0 aliphatic rings. The van der Waals surface area contributed by atoms with E-state index < -0.39 is 0 Å². The lowest BCUT2D eigenvalue weighted by atomic mass is 10.1. The summed E-state index contributed by atoms with van der Waals surface area (Å²) in [6.45, 7) is 12.1. The molecule has 1 unspecified atom stereocenters. The van der Waals surface area contributed by atoms with Crippen molar-refractivity contribution in [1.82, 2.24) is 9.55 Å². The minimum Gasteiger partial charge on any atom is -0.353 e. The lowest BCUT2D eigenvalue weighted by Gasteiger charge is -2.17. The van der Waals surface area contributed by atoms with Gasteiger partial charge in [0, 0.05) is 18.8 Å². The Bertz CT molecular complexity index is 328. The predicted molar refractivity (Wildman–Crippen MR) is 74.4 cm³/mol. The molecule has 3 nitrogen and oxygen atoms in total. The average molecular weight is 237 g/mol. The fourth-order valence-electron chi connectivity index (χ4n) is 2.15. The number of aryl methyl sites for hydroxylation is 2. The van der Waals surface area contributed by atoms with Crippen molar-refractivity contribution >= 4 is 5.95 Å². The van der Waals surface area contributed by atoms with Gasteiger partial charge in [-0.15, -0.1) is 0 Å². The molecule has 0 bridgehead atoms. The quantitative estimate of drug-likeness (QED) is 0.781. The third-order valence-electron chi connectivity index (χ3n) is 2.85. The highest BCUT2D eigenvalue weighted by molar-refractivity contribution is 5.29. The van der Waals surface area contributed by atoms with Crippen LogP contribution in [0.25, 0.3) is 0 Å². The van der Waals surface area contributed by atoms with E-state index in [-0.39, 0.29) is 0 Å². The Labute approximate surface area is 106 Å². The van der Waals surface area contributed by atoms with E-state index in [1.165, 1.54) is 19.3 Å². The standard InChI is InChI=1S/C14H27N3/c1-6-7-8-17-10-13(5)16-14(17)15-12(4)9-11(2)3/h10-12H,6-9H2,1-5H3,(H,15,16). The van der Waals surface area contributed by atoms with Gasteiger partial charge in [0.15, 0.2) is 0 Å². The van der Waals surface area contributed by atoms with Gasteiger partial charge in [0.05, 0.1) is 5.69 Å². The Morgan fingerprint density at radius 1 is 1.35 bits per heavy atom. The highest BCUT2D eigenvalue weighted by atomic mass is 15.2. The largest absolute Gasteiger partial charge is 0.353 e. The number of hydrogen-bond donors (Lipinski definition) is 1. The summed E-state index contributed by atoms with van der Waals surface area (Å²) in [6.07, 6.45) is 5.75. The third-order valence-corrected chi connectivity index (χ3v) is 2.85. The van der Waals surface area contributed by atoms with Gasteiger partial charge in [-0.05, 0) is 32.6 Å². The maximum Gasteiger partial charge on any atom is 0.203 e. The number of nitrogens with one attached hydrogen (secondary N) is 1. The van der Waals surface area contributed by atoms with Gasteiger partial charge in [-0.2, -0.15) is 0 Å². The molecule has 0 spiro atoms. The van der Waals surface area contributed by atoms with Gasteiger partial charge in [0.1, 0.15) is 0 Å². The molecule has 1 rings (SSSR count). The van der Waals surface area contributed by atoms with E-state index in [1.54, 1.807) is 0 Å². The monoisotopic (exact) mass is 237 g/mol. The Morgan fingerprint density at radius 3 is 2.65 bits per heavy atom. The molecule has 0 fully saturated rings. The fraction of sp³-hybridized carbons (Fsp3) is 0.786. The van der Waals surface area contributed by atoms with Crippen LogP contribution in [0.1, 0.15) is 52.7 Å². The van der Waals surface area contributed by atoms with E-state index >= 15 is 0 Å². The average Bonchev–Trinajstić information content (AvgIpc) is 2.54. The van der Waals surface area contributed by atoms with E-state index in [0.29, 0.717) is 6.04 Å². The summed E-state index contributed by atoms with van der Waals surface area (Å²) in [6, 6.07) is 0.483. The summed E-state index contributed by atoms with van der Waals surface area (Å²) < 4.78 is 2.25. The van der Waals surface area contributed by atoms with E-state index in [2.05, 4.69) is 55.7 Å². The van der Waals surface area contributed by atoms with Crippen LogP contribution in [0.3, 0.4) is 0 Å². The maximum absolute atomic E-state index is 4.56. The van der Waals surface area contributed by atoms with Crippen LogP contribution in [-0.2, 0) is 6.54 Å². The van der Waals surface area contributed by atoms with Crippen LogP contribution in [0.2, 0.25) is 0 Å². The zero-order valence-corrected chi connectivity index (χ0v) is 12.0. The third kappa shape index (κ3) is 4.80. The Kier molecular flexibility index (Phi) is 5.52. The molecule has 1 aromatic rings. The van der Waals surface area contributed by atoms with Gasteiger partial charge >= 0.3 is 0 Å². The summed E-state index contributed by atoms with van der Waals surface area (Å²) in [5.74, 6) is 1.75. The second kappa shape index (κ2) is 6.67. The van der Waals surface area contributed by atoms with Gasteiger partial charge in [-0.3, -0.25) is 0 Å². The lowest BCUT2D eigenvalue weighted by Crippen LogP contribution is -2.20. The molecule has 0 amide bonds. The van der Waals surface area contributed by atoms with Crippen LogP contribution in [0, 0.1) is 12.8 Å². The number of hydrogen-bond acceptors (Lipinski definition) is 2. The first-order valence-electron chi connectivity index (χ1n) is 6.83. The molecular formula is C14H27N3. The van der Waals surface area contributed by atoms with Crippen LogP contribution in [-0.4, -0.2) is 15.6 Å². The van der Waals surface area contributed by atoms with Crippen LogP contribution < -0.4 is 5.32 Å². The number of aromatic nitrogens is 2. The molecule has 0 aliphatic heterocycles. The summed E-state index contributed by atoms with van der Waals surface area (Å²) in [5, 5.41) is 3.52. The first-order valence-corrected chi connectivity index (χ1v) is 6.83. The molecule has 98 valence electrons. The van der Waals surface area contributed by atoms with Crippen LogP contribution in [0.15, 0.2) is 6.20 Å². The number of imidazole rings is 1. The summed E-state index contributed by atoms with van der Waals surface area (Å²) in [5.41, 5.74) is 1.10. The van der Waals surface area contributed by atoms with Gasteiger partial charge < -0.3 is 9.88 Å². The molecule has 1 heterocycles. The Hall–Kier alpha value is -0.990. The molecule has 0 radical (unpaired) electrons. The van der Waals surface area contributed by atoms with Crippen molar-refractivity contribution in [1.29, 1.82) is 0 Å². The van der Waals surface area contributed by atoms with Crippen molar-refractivity contribution < 1.29 is 0 Å². The molecule has 1 N–H and O–H groups in total. The zero-order chi connectivity index (χ0) is 12.8. The summed E-state index contributed by atoms with van der Waals surface area (Å²) in [7, 11) is 0. The van der Waals surface area contributed by atoms with Crippen LogP contribution in [0.5, 0.6) is 0 Å². The van der Waals surface area contributed by atoms with Crippen molar-refractivity contribution in [3.63, 3.8) is 0 Å². The molecule has 1 aromatic heterocycles. The Balaban J connectivity index is 2.62. The van der Waals surface area contributed by atoms with Crippen molar-refractivity contribution in [3.05, 3.63) is 11.9 Å². The highest BCUT2D eigenvalue weighted by Gasteiger charge is 2.10. The van der Waals surface area contributed by atoms with E-state index in [9.17, 15) is 0 Å². The van der Waals surface area contributed by atoms with Crippen LogP contribution in [0.4, 0.5) is 5.95 Å². The van der Waals surface area contributed by atoms with E-state index in [4.69, 9.17) is 0 Å². The first-order chi connectivity index (χ1) is 8.02. The number of unbranched alkanes of at least 4 members (excludes halogenated alkanes) is 1. The topological polar surface area (TPSA) is 29.9 Å². The van der Waals surface area contributed by atoms with Crippen molar-refractivity contribution in [3.8, 4) is 0 Å². The van der Waals surface area contributed by atoms with E-state index in [1.807, 2.05) is 0 Å². The molecule has 0 aromatic carbocycles. The minimum atomic E-state index is 0.483. The van der Waals surface area contributed by atoms with Crippen LogP contribution >= 0.6 is 0 Å². The molecule has 3 heteroatoms. The fourth-order valence-corrected chi connectivity index (χ4v) is 2.15. The summed E-state index contributed by atoms with van der Waals surface area (Å²) >= 11 is 0. The Morgan fingerprint density at radius 2 is 2.06 bits per heavy atom. The van der Waals surface area contributed by atoms with Gasteiger partial charge in [0.25, 0.3) is 0 Å². The normalized spacial score (nSPS) is 13.1. The second-order valence-electron chi connectivity index (χ2n) is 5.43. The number of nitrogens with zero attached hydrogens (tertiary/aromatic N) is 2.